The van der Waals surface area contributed by atoms with Crippen LogP contribution in [0.15, 0.2) is 23.3 Å². The fourth-order valence-corrected chi connectivity index (χ4v) is 4.34. The van der Waals surface area contributed by atoms with Crippen molar-refractivity contribution in [1.82, 2.24) is 0 Å². The summed E-state index contributed by atoms with van der Waals surface area (Å²) >= 11 is 0. The molecule has 0 aromatic rings. The summed E-state index contributed by atoms with van der Waals surface area (Å²) < 4.78 is 5.82. The molecule has 2 N–H and O–H groups in total. The summed E-state index contributed by atoms with van der Waals surface area (Å²) in [5.41, 5.74) is 2.88. The van der Waals surface area contributed by atoms with E-state index in [0.717, 1.165) is 64.2 Å². The standard InChI is InChI=1S/C25H46O3/c1-6-8-9-10-11-16-28-25(27)23-18-21(13-7-2)20(5)17-22(23)24(26)15-12-14-19(3)4/h9-10,19,22-27H,6-8,11-18H2,1-5H3/b10-9-. The van der Waals surface area contributed by atoms with E-state index >= 15 is 0 Å². The Labute approximate surface area is 174 Å². The van der Waals surface area contributed by atoms with Crippen LogP contribution in [-0.4, -0.2) is 29.2 Å². The van der Waals surface area contributed by atoms with Crippen molar-refractivity contribution in [2.75, 3.05) is 6.61 Å². The lowest BCUT2D eigenvalue weighted by Crippen LogP contribution is -2.39. The Morgan fingerprint density at radius 1 is 1.00 bits per heavy atom. The first-order valence-corrected chi connectivity index (χ1v) is 11.7. The third kappa shape index (κ3) is 9.24. The van der Waals surface area contributed by atoms with Crippen LogP contribution in [0.2, 0.25) is 0 Å². The average molecular weight is 395 g/mol. The third-order valence-corrected chi connectivity index (χ3v) is 6.07. The Hall–Kier alpha value is -0.640. The zero-order chi connectivity index (χ0) is 20.9. The van der Waals surface area contributed by atoms with Crippen LogP contribution in [0.25, 0.3) is 0 Å². The molecule has 0 amide bonds. The van der Waals surface area contributed by atoms with Gasteiger partial charge in [-0.05, 0) is 57.3 Å². The molecule has 1 aliphatic rings. The van der Waals surface area contributed by atoms with Gasteiger partial charge >= 0.3 is 0 Å². The van der Waals surface area contributed by atoms with Crippen LogP contribution in [0.1, 0.15) is 98.8 Å². The number of hydrogen-bond acceptors (Lipinski definition) is 3. The van der Waals surface area contributed by atoms with Gasteiger partial charge in [-0.25, -0.2) is 0 Å². The van der Waals surface area contributed by atoms with Crippen molar-refractivity contribution in [3.05, 3.63) is 23.3 Å². The van der Waals surface area contributed by atoms with Crippen LogP contribution in [0, 0.1) is 17.8 Å². The van der Waals surface area contributed by atoms with Gasteiger partial charge in [-0.3, -0.25) is 0 Å². The van der Waals surface area contributed by atoms with Crippen molar-refractivity contribution in [2.45, 2.75) is 111 Å². The number of allylic oxidation sites excluding steroid dienone is 3. The Kier molecular flexibility index (Phi) is 13.0. The molecule has 0 fully saturated rings. The van der Waals surface area contributed by atoms with E-state index in [9.17, 15) is 10.2 Å². The van der Waals surface area contributed by atoms with E-state index in [-0.39, 0.29) is 17.9 Å². The third-order valence-electron chi connectivity index (χ3n) is 6.07. The van der Waals surface area contributed by atoms with Crippen LogP contribution < -0.4 is 0 Å². The molecule has 0 spiro atoms. The summed E-state index contributed by atoms with van der Waals surface area (Å²) in [6, 6.07) is 0. The highest BCUT2D eigenvalue weighted by Gasteiger charge is 2.37. The molecule has 0 aromatic heterocycles. The molecule has 164 valence electrons. The van der Waals surface area contributed by atoms with E-state index in [0.29, 0.717) is 12.5 Å². The van der Waals surface area contributed by atoms with E-state index < -0.39 is 6.29 Å². The topological polar surface area (TPSA) is 49.7 Å². The lowest BCUT2D eigenvalue weighted by atomic mass is 9.71. The summed E-state index contributed by atoms with van der Waals surface area (Å²) in [6.45, 7) is 11.6. The van der Waals surface area contributed by atoms with E-state index in [4.69, 9.17) is 4.74 Å². The van der Waals surface area contributed by atoms with Gasteiger partial charge in [0.25, 0.3) is 0 Å². The van der Waals surface area contributed by atoms with E-state index in [2.05, 4.69) is 46.8 Å². The van der Waals surface area contributed by atoms with Gasteiger partial charge in [0.15, 0.2) is 6.29 Å². The minimum absolute atomic E-state index is 0.000999. The van der Waals surface area contributed by atoms with Gasteiger partial charge in [0.1, 0.15) is 0 Å². The lowest BCUT2D eigenvalue weighted by Gasteiger charge is -2.39. The maximum absolute atomic E-state index is 10.9. The van der Waals surface area contributed by atoms with E-state index in [1.54, 1.807) is 0 Å². The molecule has 0 aliphatic heterocycles. The minimum Gasteiger partial charge on any atom is -0.393 e. The van der Waals surface area contributed by atoms with Crippen molar-refractivity contribution in [2.24, 2.45) is 17.8 Å². The van der Waals surface area contributed by atoms with Gasteiger partial charge in [0.05, 0.1) is 12.7 Å². The summed E-state index contributed by atoms with van der Waals surface area (Å²) in [4.78, 5) is 0. The first kappa shape index (κ1) is 25.4. The summed E-state index contributed by atoms with van der Waals surface area (Å²) in [7, 11) is 0. The van der Waals surface area contributed by atoms with Crippen molar-refractivity contribution in [1.29, 1.82) is 0 Å². The molecule has 1 aliphatic carbocycles. The number of ether oxygens (including phenoxy) is 1. The molecule has 3 nitrogen and oxygen atoms in total. The van der Waals surface area contributed by atoms with Crippen LogP contribution in [0.5, 0.6) is 0 Å². The largest absolute Gasteiger partial charge is 0.393 e. The molecule has 28 heavy (non-hydrogen) atoms. The summed E-state index contributed by atoms with van der Waals surface area (Å²) in [5, 5.41) is 21.7. The number of hydrogen-bond donors (Lipinski definition) is 2. The molecular weight excluding hydrogens is 348 g/mol. The van der Waals surface area contributed by atoms with Gasteiger partial charge in [-0.15, -0.1) is 0 Å². The quantitative estimate of drug-likeness (QED) is 0.204. The van der Waals surface area contributed by atoms with Crippen molar-refractivity contribution in [3.8, 4) is 0 Å². The Bertz CT molecular complexity index is 466. The Morgan fingerprint density at radius 2 is 1.71 bits per heavy atom. The van der Waals surface area contributed by atoms with Gasteiger partial charge in [-0.1, -0.05) is 76.7 Å². The highest BCUT2D eigenvalue weighted by atomic mass is 16.6. The summed E-state index contributed by atoms with van der Waals surface area (Å²) in [5.74, 6) is 0.763. The van der Waals surface area contributed by atoms with E-state index in [1.165, 1.54) is 11.1 Å². The number of aliphatic hydroxyl groups is 2. The molecule has 1 rings (SSSR count). The highest BCUT2D eigenvalue weighted by Crippen LogP contribution is 2.41. The maximum Gasteiger partial charge on any atom is 0.158 e. The molecule has 0 saturated carbocycles. The predicted molar refractivity (Wildman–Crippen MR) is 119 cm³/mol. The average Bonchev–Trinajstić information content (AvgIpc) is 2.65. The molecular formula is C25H46O3. The van der Waals surface area contributed by atoms with E-state index in [1.807, 2.05) is 0 Å². The minimum atomic E-state index is -0.788. The first-order chi connectivity index (χ1) is 13.4. The lowest BCUT2D eigenvalue weighted by molar-refractivity contribution is -0.158. The molecule has 3 heteroatoms. The highest BCUT2D eigenvalue weighted by molar-refractivity contribution is 5.18. The van der Waals surface area contributed by atoms with Crippen molar-refractivity contribution >= 4 is 0 Å². The monoisotopic (exact) mass is 394 g/mol. The van der Waals surface area contributed by atoms with Gasteiger partial charge in [0.2, 0.25) is 0 Å². The predicted octanol–water partition coefficient (Wildman–Crippen LogP) is 6.40. The van der Waals surface area contributed by atoms with Crippen molar-refractivity contribution in [3.63, 3.8) is 0 Å². The molecule has 0 saturated heterocycles. The zero-order valence-electron chi connectivity index (χ0n) is 19.1. The maximum atomic E-state index is 10.9. The number of unbranched alkanes of at least 4 members (excludes halogenated alkanes) is 1. The second-order valence-electron chi connectivity index (χ2n) is 9.07. The smallest absolute Gasteiger partial charge is 0.158 e. The fourth-order valence-electron chi connectivity index (χ4n) is 4.34. The SMILES string of the molecule is CCC/C=C\CCOC(O)C1CC(CCC)=C(C)CC1C(O)CCCC(C)C. The van der Waals surface area contributed by atoms with Crippen LogP contribution >= 0.6 is 0 Å². The van der Waals surface area contributed by atoms with Crippen molar-refractivity contribution < 1.29 is 14.9 Å². The second kappa shape index (κ2) is 14.4. The summed E-state index contributed by atoms with van der Waals surface area (Å²) in [6.07, 6.45) is 13.2. The molecule has 4 unspecified atom stereocenters. The van der Waals surface area contributed by atoms with Crippen LogP contribution in [0.4, 0.5) is 0 Å². The fraction of sp³-hybridized carbons (Fsp3) is 0.840. The zero-order valence-corrected chi connectivity index (χ0v) is 19.1. The molecule has 4 atom stereocenters. The Morgan fingerprint density at radius 3 is 2.36 bits per heavy atom. The van der Waals surface area contributed by atoms with Crippen LogP contribution in [0.3, 0.4) is 0 Å². The molecule has 0 bridgehead atoms. The number of rotatable bonds is 14. The normalized spacial score (nSPS) is 23.0. The molecule has 0 radical (unpaired) electrons. The number of aliphatic hydroxyl groups excluding tert-OH is 2. The first-order valence-electron chi connectivity index (χ1n) is 11.7. The molecule has 0 aromatic carbocycles. The van der Waals surface area contributed by atoms with Gasteiger partial charge < -0.3 is 14.9 Å². The molecule has 0 heterocycles. The van der Waals surface area contributed by atoms with Gasteiger partial charge in [-0.2, -0.15) is 0 Å². The van der Waals surface area contributed by atoms with Crippen LogP contribution in [-0.2, 0) is 4.74 Å². The Balaban J connectivity index is 2.70. The second-order valence-corrected chi connectivity index (χ2v) is 9.07. The van der Waals surface area contributed by atoms with Gasteiger partial charge in [0, 0.05) is 5.92 Å².